The normalized spacial score (nSPS) is 14.0. The number of rotatable bonds is 3. The average molecular weight is 355 g/mol. The Labute approximate surface area is 148 Å². The van der Waals surface area contributed by atoms with Gasteiger partial charge in [0.15, 0.2) is 6.10 Å². The number of anilines is 1. The lowest BCUT2D eigenvalue weighted by atomic mass is 10.1. The molecule has 6 nitrogen and oxygen atoms in total. The molecule has 0 spiro atoms. The first-order valence-electron chi connectivity index (χ1n) is 7.32. The van der Waals surface area contributed by atoms with E-state index in [0.29, 0.717) is 0 Å². The van der Waals surface area contributed by atoms with Gasteiger partial charge in [-0.1, -0.05) is 23.7 Å². The first-order valence-corrected chi connectivity index (χ1v) is 7.69. The van der Waals surface area contributed by atoms with Crippen LogP contribution in [0.1, 0.15) is 38.0 Å². The largest absolute Gasteiger partial charge is 0.444 e. The Hall–Kier alpha value is -3.17. The molecule has 0 saturated carbocycles. The summed E-state index contributed by atoms with van der Waals surface area (Å²) in [5.74, 6) is -1.83. The summed E-state index contributed by atoms with van der Waals surface area (Å²) in [6, 6.07) is 12.3. The average Bonchev–Trinajstić information content (AvgIpc) is 2.86. The lowest BCUT2D eigenvalue weighted by Gasteiger charge is -2.15. The Kier molecular flexibility index (Phi) is 4.26. The molecule has 0 aliphatic carbocycles. The third kappa shape index (κ3) is 2.86. The van der Waals surface area contributed by atoms with Crippen LogP contribution in [0.3, 0.4) is 0 Å². The van der Waals surface area contributed by atoms with Crippen LogP contribution < -0.4 is 4.90 Å². The number of hydrogen-bond donors (Lipinski definition) is 0. The highest BCUT2D eigenvalue weighted by atomic mass is 35.5. The van der Waals surface area contributed by atoms with Gasteiger partial charge in [-0.25, -0.2) is 9.69 Å². The molecule has 2 aromatic carbocycles. The highest BCUT2D eigenvalue weighted by molar-refractivity contribution is 6.39. The second-order valence-corrected chi connectivity index (χ2v) is 5.74. The van der Waals surface area contributed by atoms with Crippen molar-refractivity contribution in [2.24, 2.45) is 0 Å². The van der Waals surface area contributed by atoms with Gasteiger partial charge in [0, 0.05) is 0 Å². The molecule has 1 aliphatic heterocycles. The van der Waals surface area contributed by atoms with Gasteiger partial charge in [0.1, 0.15) is 6.07 Å². The van der Waals surface area contributed by atoms with Gasteiger partial charge in [-0.2, -0.15) is 5.26 Å². The van der Waals surface area contributed by atoms with Gasteiger partial charge in [-0.3, -0.25) is 9.59 Å². The fourth-order valence-electron chi connectivity index (χ4n) is 2.47. The second-order valence-electron chi connectivity index (χ2n) is 5.33. The SMILES string of the molecule is C[C@H](C#N)OC(=O)c1ccc2c(c1)C(=O)N(c1ccccc1Cl)C2=O. The van der Waals surface area contributed by atoms with Crippen LogP contribution in [0.15, 0.2) is 42.5 Å². The Morgan fingerprint density at radius 1 is 1.16 bits per heavy atom. The Balaban J connectivity index is 1.98. The number of hydrogen-bond acceptors (Lipinski definition) is 5. The fourth-order valence-corrected chi connectivity index (χ4v) is 2.69. The van der Waals surface area contributed by atoms with Crippen molar-refractivity contribution in [3.8, 4) is 6.07 Å². The zero-order valence-electron chi connectivity index (χ0n) is 13.0. The van der Waals surface area contributed by atoms with Crippen LogP contribution in [-0.2, 0) is 4.74 Å². The number of para-hydroxylation sites is 1. The number of amides is 2. The van der Waals surface area contributed by atoms with Gasteiger partial charge >= 0.3 is 5.97 Å². The summed E-state index contributed by atoms with van der Waals surface area (Å²) in [5, 5.41) is 8.97. The standard InChI is InChI=1S/C18H11ClN2O4/c1-10(9-20)25-18(24)11-6-7-12-13(8-11)17(23)21(16(12)22)15-5-3-2-4-14(15)19/h2-8,10H,1H3/t10-/m1/s1. The van der Waals surface area contributed by atoms with Crippen LogP contribution >= 0.6 is 11.6 Å². The molecule has 0 radical (unpaired) electrons. The van der Waals surface area contributed by atoms with Crippen molar-refractivity contribution in [1.29, 1.82) is 5.26 Å². The van der Waals surface area contributed by atoms with Crippen molar-refractivity contribution in [3.63, 3.8) is 0 Å². The van der Waals surface area contributed by atoms with Gasteiger partial charge in [0.2, 0.25) is 0 Å². The summed E-state index contributed by atoms with van der Waals surface area (Å²) in [7, 11) is 0. The molecule has 1 atom stereocenters. The molecule has 3 rings (SSSR count). The molecule has 0 aromatic heterocycles. The number of ether oxygens (including phenoxy) is 1. The zero-order chi connectivity index (χ0) is 18.1. The van der Waals surface area contributed by atoms with E-state index in [0.717, 1.165) is 4.90 Å². The molecule has 124 valence electrons. The lowest BCUT2D eigenvalue weighted by molar-refractivity contribution is 0.0435. The number of fused-ring (bicyclic) bond motifs is 1. The second kappa shape index (κ2) is 6.38. The minimum Gasteiger partial charge on any atom is -0.444 e. The van der Waals surface area contributed by atoms with E-state index in [1.54, 1.807) is 30.3 Å². The van der Waals surface area contributed by atoms with Crippen molar-refractivity contribution >= 4 is 35.1 Å². The number of nitrogens with zero attached hydrogens (tertiary/aromatic N) is 2. The summed E-state index contributed by atoms with van der Waals surface area (Å²) >= 11 is 6.08. The summed E-state index contributed by atoms with van der Waals surface area (Å²) < 4.78 is 4.91. The van der Waals surface area contributed by atoms with Gasteiger partial charge in [0.05, 0.1) is 27.4 Å². The van der Waals surface area contributed by atoms with Crippen LogP contribution in [0.4, 0.5) is 5.69 Å². The van der Waals surface area contributed by atoms with E-state index in [9.17, 15) is 14.4 Å². The van der Waals surface area contributed by atoms with Gasteiger partial charge in [0.25, 0.3) is 11.8 Å². The number of imide groups is 1. The molecule has 25 heavy (non-hydrogen) atoms. The smallest absolute Gasteiger partial charge is 0.339 e. The number of nitriles is 1. The summed E-state index contributed by atoms with van der Waals surface area (Å²) in [6.45, 7) is 1.43. The van der Waals surface area contributed by atoms with Crippen LogP contribution in [0.2, 0.25) is 5.02 Å². The highest BCUT2D eigenvalue weighted by Gasteiger charge is 2.38. The van der Waals surface area contributed by atoms with Crippen LogP contribution in [0.25, 0.3) is 0 Å². The third-order valence-corrected chi connectivity index (χ3v) is 4.00. The molecule has 0 unspecified atom stereocenters. The Bertz CT molecular complexity index is 948. The van der Waals surface area contributed by atoms with E-state index in [4.69, 9.17) is 21.6 Å². The molecular formula is C18H11ClN2O4. The first kappa shape index (κ1) is 16.7. The minimum absolute atomic E-state index is 0.0861. The lowest BCUT2D eigenvalue weighted by Crippen LogP contribution is -2.29. The summed E-state index contributed by atoms with van der Waals surface area (Å²) in [6.07, 6.45) is -0.919. The van der Waals surface area contributed by atoms with E-state index >= 15 is 0 Å². The Morgan fingerprint density at radius 2 is 1.84 bits per heavy atom. The van der Waals surface area contributed by atoms with E-state index in [-0.39, 0.29) is 27.4 Å². The molecule has 0 bridgehead atoms. The summed E-state index contributed by atoms with van der Waals surface area (Å²) in [5.41, 5.74) is 0.624. The molecule has 1 heterocycles. The van der Waals surface area contributed by atoms with Gasteiger partial charge < -0.3 is 4.74 Å². The van der Waals surface area contributed by atoms with Crippen LogP contribution in [0.5, 0.6) is 0 Å². The van der Waals surface area contributed by atoms with Crippen molar-refractivity contribution in [1.82, 2.24) is 0 Å². The van der Waals surface area contributed by atoms with Crippen LogP contribution in [-0.4, -0.2) is 23.9 Å². The molecule has 2 amide bonds. The monoisotopic (exact) mass is 354 g/mol. The highest BCUT2D eigenvalue weighted by Crippen LogP contribution is 2.33. The maximum absolute atomic E-state index is 12.7. The Morgan fingerprint density at radius 3 is 2.52 bits per heavy atom. The van der Waals surface area contributed by atoms with Crippen molar-refractivity contribution in [3.05, 3.63) is 64.2 Å². The minimum atomic E-state index is -0.919. The number of carbonyl (C=O) groups excluding carboxylic acids is 3. The predicted molar refractivity (Wildman–Crippen MR) is 89.5 cm³/mol. The molecule has 2 aromatic rings. The maximum atomic E-state index is 12.7. The number of benzene rings is 2. The first-order chi connectivity index (χ1) is 11.9. The van der Waals surface area contributed by atoms with E-state index in [1.165, 1.54) is 25.1 Å². The predicted octanol–water partition coefficient (Wildman–Crippen LogP) is 3.21. The molecule has 0 fully saturated rings. The third-order valence-electron chi connectivity index (χ3n) is 3.68. The van der Waals surface area contributed by atoms with E-state index < -0.39 is 23.9 Å². The molecule has 1 aliphatic rings. The van der Waals surface area contributed by atoms with Gasteiger partial charge in [-0.05, 0) is 37.3 Å². The molecular weight excluding hydrogens is 344 g/mol. The molecule has 0 saturated heterocycles. The zero-order valence-corrected chi connectivity index (χ0v) is 13.8. The maximum Gasteiger partial charge on any atom is 0.339 e. The number of halogens is 1. The molecule has 7 heteroatoms. The summed E-state index contributed by atoms with van der Waals surface area (Å²) in [4.78, 5) is 38.2. The van der Waals surface area contributed by atoms with Crippen molar-refractivity contribution in [2.45, 2.75) is 13.0 Å². The number of carbonyl (C=O) groups is 3. The molecule has 0 N–H and O–H groups in total. The van der Waals surface area contributed by atoms with Crippen molar-refractivity contribution in [2.75, 3.05) is 4.90 Å². The van der Waals surface area contributed by atoms with E-state index in [2.05, 4.69) is 0 Å². The quantitative estimate of drug-likeness (QED) is 0.624. The fraction of sp³-hybridized carbons (Fsp3) is 0.111. The number of esters is 1. The van der Waals surface area contributed by atoms with Crippen LogP contribution in [0, 0.1) is 11.3 Å². The topological polar surface area (TPSA) is 87.5 Å². The van der Waals surface area contributed by atoms with E-state index in [1.807, 2.05) is 0 Å². The van der Waals surface area contributed by atoms with Gasteiger partial charge in [-0.15, -0.1) is 0 Å². The van der Waals surface area contributed by atoms with Crippen molar-refractivity contribution < 1.29 is 19.1 Å².